The number of nitrogens with two attached hydrogens (primary N) is 1. The van der Waals surface area contributed by atoms with Crippen LogP contribution in [-0.4, -0.2) is 36.0 Å². The van der Waals surface area contributed by atoms with Crippen LogP contribution in [0.5, 0.6) is 0 Å². The summed E-state index contributed by atoms with van der Waals surface area (Å²) in [5, 5.41) is 2.93. The number of carbonyl (C=O) groups excluding carboxylic acids is 1. The smallest absolute Gasteiger partial charge is 0.238 e. The summed E-state index contributed by atoms with van der Waals surface area (Å²) < 4.78 is 0. The maximum Gasteiger partial charge on any atom is 0.238 e. The van der Waals surface area contributed by atoms with Gasteiger partial charge >= 0.3 is 0 Å². The zero-order valence-electron chi connectivity index (χ0n) is 12.9. The van der Waals surface area contributed by atoms with Crippen molar-refractivity contribution in [1.29, 1.82) is 0 Å². The van der Waals surface area contributed by atoms with Gasteiger partial charge in [0.2, 0.25) is 5.91 Å². The second kappa shape index (κ2) is 8.02. The Morgan fingerprint density at radius 2 is 1.95 bits per heavy atom. The maximum absolute atomic E-state index is 12.2. The fourth-order valence-electron chi connectivity index (χ4n) is 2.20. The normalized spacial score (nSPS) is 14.1. The van der Waals surface area contributed by atoms with E-state index in [0.29, 0.717) is 13.1 Å². The molecule has 4 heteroatoms. The van der Waals surface area contributed by atoms with Crippen LogP contribution in [0.2, 0.25) is 0 Å². The summed E-state index contributed by atoms with van der Waals surface area (Å²) in [6, 6.07) is 9.54. The number of carbonyl (C=O) groups is 1. The van der Waals surface area contributed by atoms with Gasteiger partial charge in [-0.1, -0.05) is 32.0 Å². The number of nitrogens with zero attached hydrogens (tertiary/aromatic N) is 1. The minimum absolute atomic E-state index is 0.0118. The first-order valence-corrected chi connectivity index (χ1v) is 7.35. The molecule has 1 unspecified atom stereocenters. The van der Waals surface area contributed by atoms with E-state index in [-0.39, 0.29) is 11.4 Å². The molecule has 0 saturated carbocycles. The van der Waals surface area contributed by atoms with Crippen molar-refractivity contribution in [1.82, 2.24) is 4.90 Å². The average Bonchev–Trinajstić information content (AvgIpc) is 2.47. The summed E-state index contributed by atoms with van der Waals surface area (Å²) in [6.45, 7) is 8.17. The predicted molar refractivity (Wildman–Crippen MR) is 84.7 cm³/mol. The molecule has 20 heavy (non-hydrogen) atoms. The molecule has 1 atom stereocenters. The van der Waals surface area contributed by atoms with Gasteiger partial charge in [0.05, 0.1) is 6.54 Å². The minimum atomic E-state index is -0.121. The van der Waals surface area contributed by atoms with Gasteiger partial charge in [-0.25, -0.2) is 0 Å². The van der Waals surface area contributed by atoms with Gasteiger partial charge in [-0.2, -0.15) is 0 Å². The fourth-order valence-corrected chi connectivity index (χ4v) is 2.20. The van der Waals surface area contributed by atoms with Gasteiger partial charge in [0.1, 0.15) is 0 Å². The number of para-hydroxylation sites is 1. The second-order valence-electron chi connectivity index (χ2n) is 5.39. The number of amides is 1. The van der Waals surface area contributed by atoms with Crippen LogP contribution in [0.25, 0.3) is 0 Å². The number of anilines is 1. The Morgan fingerprint density at radius 1 is 1.30 bits per heavy atom. The molecule has 3 N–H and O–H groups in total. The molecule has 112 valence electrons. The Hall–Kier alpha value is -1.39. The third kappa shape index (κ3) is 4.62. The van der Waals surface area contributed by atoms with Crippen molar-refractivity contribution >= 4 is 11.6 Å². The van der Waals surface area contributed by atoms with Crippen molar-refractivity contribution in [2.24, 2.45) is 5.73 Å². The van der Waals surface area contributed by atoms with Gasteiger partial charge in [-0.05, 0) is 38.4 Å². The molecular weight excluding hydrogens is 250 g/mol. The molecule has 0 heterocycles. The highest BCUT2D eigenvalue weighted by Gasteiger charge is 2.29. The van der Waals surface area contributed by atoms with Gasteiger partial charge < -0.3 is 11.1 Å². The number of nitrogens with one attached hydrogen (secondary N) is 1. The highest BCUT2D eigenvalue weighted by molar-refractivity contribution is 5.92. The molecule has 0 aliphatic carbocycles. The Labute approximate surface area is 122 Å². The van der Waals surface area contributed by atoms with Crippen molar-refractivity contribution in [3.8, 4) is 0 Å². The highest BCUT2D eigenvalue weighted by atomic mass is 16.2. The second-order valence-corrected chi connectivity index (χ2v) is 5.39. The van der Waals surface area contributed by atoms with Gasteiger partial charge in [-0.3, -0.25) is 9.69 Å². The zero-order valence-corrected chi connectivity index (χ0v) is 12.9. The van der Waals surface area contributed by atoms with E-state index in [4.69, 9.17) is 5.73 Å². The lowest BCUT2D eigenvalue weighted by atomic mass is 9.96. The maximum atomic E-state index is 12.2. The number of benzene rings is 1. The topological polar surface area (TPSA) is 58.4 Å². The first-order valence-electron chi connectivity index (χ1n) is 7.35. The lowest BCUT2D eigenvalue weighted by Gasteiger charge is -2.39. The van der Waals surface area contributed by atoms with Crippen LogP contribution in [0.15, 0.2) is 30.3 Å². The first kappa shape index (κ1) is 16.7. The molecule has 1 aromatic carbocycles. The standard InChI is InChI=1S/C16H27N3O/c1-4-11-19(16(3,5-2)13-17)12-15(20)18-14-9-7-6-8-10-14/h6-10H,4-5,11-13,17H2,1-3H3,(H,18,20). The Bertz CT molecular complexity index is 401. The summed E-state index contributed by atoms with van der Waals surface area (Å²) >= 11 is 0. The molecule has 0 radical (unpaired) electrons. The van der Waals surface area contributed by atoms with E-state index < -0.39 is 0 Å². The average molecular weight is 277 g/mol. The van der Waals surface area contributed by atoms with Crippen LogP contribution in [-0.2, 0) is 4.79 Å². The molecule has 1 amide bonds. The minimum Gasteiger partial charge on any atom is -0.329 e. The van der Waals surface area contributed by atoms with E-state index in [1.54, 1.807) is 0 Å². The molecule has 0 aromatic heterocycles. The van der Waals surface area contributed by atoms with Crippen molar-refractivity contribution in [2.75, 3.05) is 25.0 Å². The van der Waals surface area contributed by atoms with Gasteiger partial charge in [0, 0.05) is 17.8 Å². The van der Waals surface area contributed by atoms with Crippen LogP contribution < -0.4 is 11.1 Å². The van der Waals surface area contributed by atoms with Crippen molar-refractivity contribution < 1.29 is 4.79 Å². The summed E-state index contributed by atoms with van der Waals surface area (Å²) in [5.41, 5.74) is 6.62. The van der Waals surface area contributed by atoms with Crippen LogP contribution >= 0.6 is 0 Å². The summed E-state index contributed by atoms with van der Waals surface area (Å²) in [5.74, 6) is 0.0118. The molecule has 0 spiro atoms. The monoisotopic (exact) mass is 277 g/mol. The van der Waals surface area contributed by atoms with Crippen LogP contribution in [0.1, 0.15) is 33.6 Å². The largest absolute Gasteiger partial charge is 0.329 e. The third-order valence-electron chi connectivity index (χ3n) is 3.85. The molecule has 0 aliphatic rings. The van der Waals surface area contributed by atoms with Gasteiger partial charge in [0.25, 0.3) is 0 Å². The first-order chi connectivity index (χ1) is 9.55. The van der Waals surface area contributed by atoms with Crippen molar-refractivity contribution in [3.05, 3.63) is 30.3 Å². The number of rotatable bonds is 8. The van der Waals surface area contributed by atoms with E-state index in [1.165, 1.54) is 0 Å². The van der Waals surface area contributed by atoms with Crippen molar-refractivity contribution in [3.63, 3.8) is 0 Å². The van der Waals surface area contributed by atoms with E-state index in [9.17, 15) is 4.79 Å². The molecule has 4 nitrogen and oxygen atoms in total. The number of hydrogen-bond donors (Lipinski definition) is 2. The van der Waals surface area contributed by atoms with Crippen LogP contribution in [0.3, 0.4) is 0 Å². The van der Waals surface area contributed by atoms with Gasteiger partial charge in [-0.15, -0.1) is 0 Å². The molecule has 0 fully saturated rings. The lowest BCUT2D eigenvalue weighted by Crippen LogP contribution is -2.54. The van der Waals surface area contributed by atoms with E-state index in [2.05, 4.69) is 31.0 Å². The molecular formula is C16H27N3O. The summed E-state index contributed by atoms with van der Waals surface area (Å²) in [4.78, 5) is 14.4. The number of hydrogen-bond acceptors (Lipinski definition) is 3. The van der Waals surface area contributed by atoms with Gasteiger partial charge in [0.15, 0.2) is 0 Å². The van der Waals surface area contributed by atoms with E-state index >= 15 is 0 Å². The molecule has 0 aliphatic heterocycles. The highest BCUT2D eigenvalue weighted by Crippen LogP contribution is 2.18. The third-order valence-corrected chi connectivity index (χ3v) is 3.85. The molecule has 0 bridgehead atoms. The molecule has 0 saturated heterocycles. The van der Waals surface area contributed by atoms with Crippen LogP contribution in [0.4, 0.5) is 5.69 Å². The van der Waals surface area contributed by atoms with E-state index in [1.807, 2.05) is 30.3 Å². The Kier molecular flexibility index (Phi) is 6.68. The lowest BCUT2D eigenvalue weighted by molar-refractivity contribution is -0.118. The summed E-state index contributed by atoms with van der Waals surface area (Å²) in [6.07, 6.45) is 1.94. The Morgan fingerprint density at radius 3 is 2.45 bits per heavy atom. The van der Waals surface area contributed by atoms with Crippen LogP contribution in [0, 0.1) is 0 Å². The quantitative estimate of drug-likeness (QED) is 0.767. The molecule has 1 rings (SSSR count). The van der Waals surface area contributed by atoms with Crippen molar-refractivity contribution in [2.45, 2.75) is 39.2 Å². The summed E-state index contributed by atoms with van der Waals surface area (Å²) in [7, 11) is 0. The Balaban J connectivity index is 2.68. The fraction of sp³-hybridized carbons (Fsp3) is 0.562. The predicted octanol–water partition coefficient (Wildman–Crippen LogP) is 2.46. The SMILES string of the molecule is CCCN(CC(=O)Nc1ccccc1)C(C)(CC)CN. The molecule has 1 aromatic rings. The zero-order chi connectivity index (χ0) is 15.0. The van der Waals surface area contributed by atoms with E-state index in [0.717, 1.165) is 25.1 Å².